The first-order valence-electron chi connectivity index (χ1n) is 9.30. The molecular formula is C18H23N5O2S. The Morgan fingerprint density at radius 3 is 2.31 bits per heavy atom. The molecule has 4 bridgehead atoms. The molecule has 7 nitrogen and oxygen atoms in total. The van der Waals surface area contributed by atoms with Gasteiger partial charge in [-0.15, -0.1) is 5.10 Å². The summed E-state index contributed by atoms with van der Waals surface area (Å²) < 4.78 is 30.9. The van der Waals surface area contributed by atoms with Crippen LogP contribution in [0.4, 0.5) is 0 Å². The van der Waals surface area contributed by atoms with Gasteiger partial charge in [0.1, 0.15) is 6.33 Å². The molecule has 6 rings (SSSR count). The Kier molecular flexibility index (Phi) is 3.53. The van der Waals surface area contributed by atoms with Crippen LogP contribution in [0.25, 0.3) is 5.69 Å². The van der Waals surface area contributed by atoms with E-state index in [-0.39, 0.29) is 5.54 Å². The zero-order chi connectivity index (χ0) is 17.9. The molecule has 8 heteroatoms. The number of aryl methyl sites for hydroxylation is 1. The SMILES string of the molecule is Cc1cc(S(=O)(=O)NC23CC4CC(CC(C4)C2)C3)ccc1-n1cnnn1. The minimum atomic E-state index is -3.54. The van der Waals surface area contributed by atoms with Crippen LogP contribution in [0.3, 0.4) is 0 Å². The van der Waals surface area contributed by atoms with E-state index in [9.17, 15) is 8.42 Å². The van der Waals surface area contributed by atoms with Crippen LogP contribution in [0, 0.1) is 24.7 Å². The predicted octanol–water partition coefficient (Wildman–Crippen LogP) is 2.22. The Morgan fingerprint density at radius 2 is 1.77 bits per heavy atom. The lowest BCUT2D eigenvalue weighted by atomic mass is 9.53. The Hall–Kier alpha value is -1.80. The van der Waals surface area contributed by atoms with Crippen LogP contribution in [0.2, 0.25) is 0 Å². The number of nitrogens with zero attached hydrogens (tertiary/aromatic N) is 4. The topological polar surface area (TPSA) is 89.8 Å². The minimum Gasteiger partial charge on any atom is -0.207 e. The molecule has 0 amide bonds. The monoisotopic (exact) mass is 373 g/mol. The van der Waals surface area contributed by atoms with Gasteiger partial charge in [-0.2, -0.15) is 0 Å². The van der Waals surface area contributed by atoms with Crippen molar-refractivity contribution in [3.63, 3.8) is 0 Å². The Labute approximate surface area is 153 Å². The quantitative estimate of drug-likeness (QED) is 0.887. The molecular weight excluding hydrogens is 350 g/mol. The third kappa shape index (κ3) is 2.66. The van der Waals surface area contributed by atoms with E-state index in [1.54, 1.807) is 18.2 Å². The van der Waals surface area contributed by atoms with Crippen molar-refractivity contribution in [2.45, 2.75) is 55.9 Å². The second-order valence-electron chi connectivity index (χ2n) is 8.51. The minimum absolute atomic E-state index is 0.226. The van der Waals surface area contributed by atoms with Crippen LogP contribution in [-0.2, 0) is 10.0 Å². The molecule has 0 spiro atoms. The molecule has 0 unspecified atom stereocenters. The highest BCUT2D eigenvalue weighted by Crippen LogP contribution is 2.55. The highest BCUT2D eigenvalue weighted by Gasteiger charge is 2.52. The van der Waals surface area contributed by atoms with E-state index >= 15 is 0 Å². The summed E-state index contributed by atoms with van der Waals surface area (Å²) >= 11 is 0. The maximum Gasteiger partial charge on any atom is 0.241 e. The van der Waals surface area contributed by atoms with E-state index in [0.717, 1.165) is 30.5 Å². The normalized spacial score (nSPS) is 32.9. The lowest BCUT2D eigenvalue weighted by molar-refractivity contribution is -0.00810. The molecule has 0 atom stereocenters. The average Bonchev–Trinajstić information content (AvgIpc) is 3.06. The van der Waals surface area contributed by atoms with E-state index in [1.165, 1.54) is 30.3 Å². The van der Waals surface area contributed by atoms with E-state index in [0.29, 0.717) is 22.6 Å². The van der Waals surface area contributed by atoms with Gasteiger partial charge >= 0.3 is 0 Å². The summed E-state index contributed by atoms with van der Waals surface area (Å²) in [5, 5.41) is 11.1. The molecule has 0 aliphatic heterocycles. The van der Waals surface area contributed by atoms with Crippen LogP contribution in [0.1, 0.15) is 44.1 Å². The maximum atomic E-state index is 13.1. The van der Waals surface area contributed by atoms with Gasteiger partial charge in [0.2, 0.25) is 10.0 Å². The Morgan fingerprint density at radius 1 is 1.12 bits per heavy atom. The van der Waals surface area contributed by atoms with Gasteiger partial charge in [-0.1, -0.05) is 0 Å². The van der Waals surface area contributed by atoms with Crippen molar-refractivity contribution in [3.05, 3.63) is 30.1 Å². The summed E-state index contributed by atoms with van der Waals surface area (Å²) in [5.41, 5.74) is 1.38. The van der Waals surface area contributed by atoms with Gasteiger partial charge in [0.25, 0.3) is 0 Å². The molecule has 1 heterocycles. The zero-order valence-corrected chi connectivity index (χ0v) is 15.6. The standard InChI is InChI=1S/C18H23N5O2S/c1-12-4-16(2-3-17(12)23-11-19-21-22-23)26(24,25)20-18-8-13-5-14(9-18)7-15(6-13)10-18/h2-4,11,13-15,20H,5-10H2,1H3. The first kappa shape index (κ1) is 16.4. The summed E-state index contributed by atoms with van der Waals surface area (Å²) in [5.74, 6) is 2.11. The molecule has 1 aromatic carbocycles. The van der Waals surface area contributed by atoms with Gasteiger partial charge in [0.15, 0.2) is 0 Å². The molecule has 1 aromatic heterocycles. The molecule has 4 aliphatic carbocycles. The molecule has 0 saturated heterocycles. The summed E-state index contributed by atoms with van der Waals surface area (Å²) in [6, 6.07) is 5.12. The van der Waals surface area contributed by atoms with Crippen LogP contribution in [0.15, 0.2) is 29.4 Å². The third-order valence-corrected chi connectivity index (χ3v) is 8.04. The van der Waals surface area contributed by atoms with Gasteiger partial charge < -0.3 is 0 Å². The highest BCUT2D eigenvalue weighted by molar-refractivity contribution is 7.89. The molecule has 1 N–H and O–H groups in total. The zero-order valence-electron chi connectivity index (χ0n) is 14.8. The summed E-state index contributed by atoms with van der Waals surface area (Å²) in [6.45, 7) is 1.88. The smallest absolute Gasteiger partial charge is 0.207 e. The van der Waals surface area contributed by atoms with E-state index in [4.69, 9.17) is 0 Å². The number of sulfonamides is 1. The number of aromatic nitrogens is 4. The van der Waals surface area contributed by atoms with Crippen LogP contribution in [0.5, 0.6) is 0 Å². The lowest BCUT2D eigenvalue weighted by Gasteiger charge is -2.56. The number of benzene rings is 1. The fourth-order valence-corrected chi connectivity index (χ4v) is 7.42. The van der Waals surface area contributed by atoms with Gasteiger partial charge in [-0.05, 0) is 97.4 Å². The van der Waals surface area contributed by atoms with Crippen molar-refractivity contribution in [2.75, 3.05) is 0 Å². The number of hydrogen-bond acceptors (Lipinski definition) is 5. The van der Waals surface area contributed by atoms with Crippen LogP contribution >= 0.6 is 0 Å². The van der Waals surface area contributed by atoms with Gasteiger partial charge in [-0.25, -0.2) is 17.8 Å². The fraction of sp³-hybridized carbons (Fsp3) is 0.611. The van der Waals surface area contributed by atoms with E-state index in [2.05, 4.69) is 20.2 Å². The van der Waals surface area contributed by atoms with Crippen LogP contribution < -0.4 is 4.72 Å². The lowest BCUT2D eigenvalue weighted by Crippen LogP contribution is -2.59. The summed E-state index contributed by atoms with van der Waals surface area (Å²) in [7, 11) is -3.54. The molecule has 4 fully saturated rings. The first-order valence-corrected chi connectivity index (χ1v) is 10.8. The number of rotatable bonds is 4. The highest BCUT2D eigenvalue weighted by atomic mass is 32.2. The average molecular weight is 373 g/mol. The molecule has 26 heavy (non-hydrogen) atoms. The third-order valence-electron chi connectivity index (χ3n) is 6.46. The van der Waals surface area contributed by atoms with Crippen molar-refractivity contribution in [1.82, 2.24) is 24.9 Å². The summed E-state index contributed by atoms with van der Waals surface area (Å²) in [4.78, 5) is 0.322. The van der Waals surface area contributed by atoms with Crippen molar-refractivity contribution < 1.29 is 8.42 Å². The molecule has 4 aliphatic rings. The van der Waals surface area contributed by atoms with Crippen molar-refractivity contribution in [1.29, 1.82) is 0 Å². The van der Waals surface area contributed by atoms with Crippen LogP contribution in [-0.4, -0.2) is 34.2 Å². The summed E-state index contributed by atoms with van der Waals surface area (Å²) in [6.07, 6.45) is 8.38. The van der Waals surface area contributed by atoms with Gasteiger partial charge in [-0.3, -0.25) is 0 Å². The second-order valence-corrected chi connectivity index (χ2v) is 10.2. The fourth-order valence-electron chi connectivity index (χ4n) is 5.90. The molecule has 0 radical (unpaired) electrons. The predicted molar refractivity (Wildman–Crippen MR) is 95.1 cm³/mol. The first-order chi connectivity index (χ1) is 12.4. The molecule has 138 valence electrons. The largest absolute Gasteiger partial charge is 0.241 e. The molecule has 2 aromatic rings. The van der Waals surface area contributed by atoms with Gasteiger partial charge in [0.05, 0.1) is 10.6 Å². The number of hydrogen-bond donors (Lipinski definition) is 1. The van der Waals surface area contributed by atoms with Crippen molar-refractivity contribution in [3.8, 4) is 5.69 Å². The number of tetrazole rings is 1. The Bertz CT molecular complexity index is 903. The molecule has 4 saturated carbocycles. The van der Waals surface area contributed by atoms with Crippen molar-refractivity contribution in [2.24, 2.45) is 17.8 Å². The van der Waals surface area contributed by atoms with Crippen molar-refractivity contribution >= 4 is 10.0 Å². The number of nitrogens with one attached hydrogen (secondary N) is 1. The van der Waals surface area contributed by atoms with Gasteiger partial charge in [0, 0.05) is 5.54 Å². The van der Waals surface area contributed by atoms with E-state index in [1.807, 2.05) is 6.92 Å². The second kappa shape index (κ2) is 5.60. The Balaban J connectivity index is 1.44. The van der Waals surface area contributed by atoms with E-state index < -0.39 is 10.0 Å². The maximum absolute atomic E-state index is 13.1.